The molecule has 0 aliphatic carbocycles. The van der Waals surface area contributed by atoms with Crippen molar-refractivity contribution in [3.05, 3.63) is 77.2 Å². The average Bonchev–Trinajstić information content (AvgIpc) is 3.64. The maximum Gasteiger partial charge on any atom is 0.287 e. The Labute approximate surface area is 220 Å². The number of benzene rings is 2. The van der Waals surface area contributed by atoms with Gasteiger partial charge in [-0.2, -0.15) is 0 Å². The standard InChI is InChI=1S/C29H30N2O7/c1-2-19-5-3-6-21(13-19)36-17-25(32)20-8-10-26-24(14-20)31(28(33)18-37-26)16-23-9-11-27(38-23)29(34)30-15-22-7-4-12-35-22/h3,5-6,8-11,13-14,22H,2,4,7,12,15-18H2,1H3,(H,30,34)/t22-/m1/s1. The number of carbonyl (C=O) groups excluding carboxylic acids is 3. The van der Waals surface area contributed by atoms with Crippen LogP contribution in [0.4, 0.5) is 5.69 Å². The summed E-state index contributed by atoms with van der Waals surface area (Å²) in [5.74, 6) is 0.865. The summed E-state index contributed by atoms with van der Waals surface area (Å²) in [6.07, 6.45) is 2.81. The van der Waals surface area contributed by atoms with Crippen LogP contribution >= 0.6 is 0 Å². The van der Waals surface area contributed by atoms with Crippen molar-refractivity contribution in [2.24, 2.45) is 0 Å². The molecule has 0 spiro atoms. The highest BCUT2D eigenvalue weighted by molar-refractivity contribution is 6.02. The van der Waals surface area contributed by atoms with Gasteiger partial charge >= 0.3 is 0 Å². The molecule has 0 bridgehead atoms. The number of aryl methyl sites for hydroxylation is 1. The van der Waals surface area contributed by atoms with Crippen molar-refractivity contribution in [3.63, 3.8) is 0 Å². The molecule has 2 aliphatic rings. The third-order valence-electron chi connectivity index (χ3n) is 6.61. The van der Waals surface area contributed by atoms with Crippen molar-refractivity contribution in [2.75, 3.05) is 31.3 Å². The molecule has 0 saturated carbocycles. The van der Waals surface area contributed by atoms with Gasteiger partial charge in [-0.05, 0) is 67.3 Å². The van der Waals surface area contributed by atoms with Crippen LogP contribution in [0.1, 0.15) is 52.0 Å². The Bertz CT molecular complexity index is 1330. The first-order chi connectivity index (χ1) is 18.5. The van der Waals surface area contributed by atoms with Crippen LogP contribution < -0.4 is 19.7 Å². The Balaban J connectivity index is 1.25. The number of rotatable bonds is 10. The number of carbonyl (C=O) groups is 3. The molecule has 1 aromatic heterocycles. The number of nitrogens with zero attached hydrogens (tertiary/aromatic N) is 1. The van der Waals surface area contributed by atoms with E-state index in [2.05, 4.69) is 12.2 Å². The number of nitrogens with one attached hydrogen (secondary N) is 1. The van der Waals surface area contributed by atoms with Crippen molar-refractivity contribution in [2.45, 2.75) is 38.8 Å². The van der Waals surface area contributed by atoms with Gasteiger partial charge in [0.05, 0.1) is 18.3 Å². The van der Waals surface area contributed by atoms with E-state index < -0.39 is 0 Å². The molecule has 38 heavy (non-hydrogen) atoms. The largest absolute Gasteiger partial charge is 0.485 e. The van der Waals surface area contributed by atoms with E-state index in [9.17, 15) is 14.4 Å². The van der Waals surface area contributed by atoms with Gasteiger partial charge in [-0.1, -0.05) is 19.1 Å². The molecule has 1 N–H and O–H groups in total. The maximum atomic E-state index is 12.9. The number of hydrogen-bond donors (Lipinski definition) is 1. The van der Waals surface area contributed by atoms with Gasteiger partial charge in [-0.25, -0.2) is 0 Å². The van der Waals surface area contributed by atoms with E-state index in [4.69, 9.17) is 18.6 Å². The van der Waals surface area contributed by atoms with E-state index in [1.165, 1.54) is 4.90 Å². The highest BCUT2D eigenvalue weighted by Gasteiger charge is 2.28. The first-order valence-corrected chi connectivity index (χ1v) is 12.8. The molecule has 0 radical (unpaired) electrons. The van der Waals surface area contributed by atoms with Crippen LogP contribution in [-0.2, 0) is 22.5 Å². The third-order valence-corrected chi connectivity index (χ3v) is 6.61. The lowest BCUT2D eigenvalue weighted by Crippen LogP contribution is -2.38. The van der Waals surface area contributed by atoms with Crippen molar-refractivity contribution >= 4 is 23.3 Å². The van der Waals surface area contributed by atoms with E-state index in [0.717, 1.165) is 24.8 Å². The van der Waals surface area contributed by atoms with Crippen molar-refractivity contribution in [1.82, 2.24) is 5.32 Å². The summed E-state index contributed by atoms with van der Waals surface area (Å²) in [6, 6.07) is 15.8. The highest BCUT2D eigenvalue weighted by atomic mass is 16.5. The molecule has 2 aliphatic heterocycles. The summed E-state index contributed by atoms with van der Waals surface area (Å²) in [6.45, 7) is 3.02. The van der Waals surface area contributed by atoms with Gasteiger partial charge in [0, 0.05) is 18.7 Å². The molecular formula is C29H30N2O7. The smallest absolute Gasteiger partial charge is 0.287 e. The Kier molecular flexibility index (Phi) is 7.74. The zero-order valence-corrected chi connectivity index (χ0v) is 21.2. The Morgan fingerprint density at radius 2 is 2.03 bits per heavy atom. The fraction of sp³-hybridized carbons (Fsp3) is 0.345. The minimum absolute atomic E-state index is 0.0275. The second kappa shape index (κ2) is 11.5. The van der Waals surface area contributed by atoms with Crippen LogP contribution in [0.25, 0.3) is 0 Å². The van der Waals surface area contributed by atoms with Gasteiger partial charge in [-0.3, -0.25) is 19.3 Å². The van der Waals surface area contributed by atoms with Crippen LogP contribution in [0, 0.1) is 0 Å². The SMILES string of the molecule is CCc1cccc(OCC(=O)c2ccc3c(c2)N(Cc2ccc(C(=O)NC[C@H]4CCCO4)o2)C(=O)CO3)c1. The summed E-state index contributed by atoms with van der Waals surface area (Å²) in [5.41, 5.74) is 1.98. The lowest BCUT2D eigenvalue weighted by atomic mass is 10.1. The number of Topliss-reactive ketones (excluding diaryl/α,β-unsaturated/α-hetero) is 1. The lowest BCUT2D eigenvalue weighted by Gasteiger charge is -2.29. The second-order valence-corrected chi connectivity index (χ2v) is 9.27. The van der Waals surface area contributed by atoms with Gasteiger partial charge in [0.25, 0.3) is 11.8 Å². The maximum absolute atomic E-state index is 12.9. The average molecular weight is 519 g/mol. The molecule has 9 heteroatoms. The topological polar surface area (TPSA) is 107 Å². The van der Waals surface area contributed by atoms with E-state index >= 15 is 0 Å². The van der Waals surface area contributed by atoms with Crippen molar-refractivity contribution in [3.8, 4) is 11.5 Å². The zero-order valence-electron chi connectivity index (χ0n) is 21.2. The van der Waals surface area contributed by atoms with Crippen LogP contribution in [-0.4, -0.2) is 50.1 Å². The quantitative estimate of drug-likeness (QED) is 0.405. The van der Waals surface area contributed by atoms with Gasteiger partial charge in [0.2, 0.25) is 0 Å². The molecule has 2 aromatic carbocycles. The fourth-order valence-corrected chi connectivity index (χ4v) is 4.48. The van der Waals surface area contributed by atoms with E-state index in [1.54, 1.807) is 30.3 Å². The molecule has 3 aromatic rings. The molecule has 198 valence electrons. The van der Waals surface area contributed by atoms with Crippen LogP contribution in [0.5, 0.6) is 11.5 Å². The zero-order chi connectivity index (χ0) is 26.5. The first-order valence-electron chi connectivity index (χ1n) is 12.8. The van der Waals surface area contributed by atoms with E-state index in [-0.39, 0.29) is 49.2 Å². The molecular weight excluding hydrogens is 488 g/mol. The molecule has 2 amide bonds. The summed E-state index contributed by atoms with van der Waals surface area (Å²) in [7, 11) is 0. The van der Waals surface area contributed by atoms with Gasteiger partial charge < -0.3 is 23.9 Å². The molecule has 5 rings (SSSR count). The highest BCUT2D eigenvalue weighted by Crippen LogP contribution is 2.34. The monoisotopic (exact) mass is 518 g/mol. The number of ether oxygens (including phenoxy) is 3. The summed E-state index contributed by atoms with van der Waals surface area (Å²) in [4.78, 5) is 39.6. The first kappa shape index (κ1) is 25.5. The number of furan rings is 1. The Hall–Kier alpha value is -4.11. The summed E-state index contributed by atoms with van der Waals surface area (Å²) in [5, 5.41) is 2.82. The van der Waals surface area contributed by atoms with Gasteiger partial charge in [0.1, 0.15) is 17.3 Å². The van der Waals surface area contributed by atoms with Crippen LogP contribution in [0.2, 0.25) is 0 Å². The van der Waals surface area contributed by atoms with Crippen LogP contribution in [0.3, 0.4) is 0 Å². The molecule has 3 heterocycles. The van der Waals surface area contributed by atoms with Crippen molar-refractivity contribution < 1.29 is 33.0 Å². The van der Waals surface area contributed by atoms with Crippen molar-refractivity contribution in [1.29, 1.82) is 0 Å². The summed E-state index contributed by atoms with van der Waals surface area (Å²) >= 11 is 0. The normalized spacial score (nSPS) is 16.6. The predicted octanol–water partition coefficient (Wildman–Crippen LogP) is 3.94. The number of anilines is 1. The number of fused-ring (bicyclic) bond motifs is 1. The molecule has 1 fully saturated rings. The van der Waals surface area contributed by atoms with Gasteiger partial charge in [-0.15, -0.1) is 0 Å². The van der Waals surface area contributed by atoms with Gasteiger partial charge in [0.15, 0.2) is 24.8 Å². The third kappa shape index (κ3) is 5.89. The second-order valence-electron chi connectivity index (χ2n) is 9.27. The molecule has 0 unspecified atom stereocenters. The van der Waals surface area contributed by atoms with E-state index in [0.29, 0.717) is 41.7 Å². The predicted molar refractivity (Wildman–Crippen MR) is 139 cm³/mol. The molecule has 9 nitrogen and oxygen atoms in total. The Morgan fingerprint density at radius 3 is 2.84 bits per heavy atom. The molecule has 1 atom stereocenters. The number of ketones is 1. The Morgan fingerprint density at radius 1 is 1.13 bits per heavy atom. The summed E-state index contributed by atoms with van der Waals surface area (Å²) < 4.78 is 22.6. The van der Waals surface area contributed by atoms with Crippen LogP contribution in [0.15, 0.2) is 59.0 Å². The molecule has 1 saturated heterocycles. The van der Waals surface area contributed by atoms with E-state index in [1.807, 2.05) is 24.3 Å². The minimum atomic E-state index is -0.335. The lowest BCUT2D eigenvalue weighted by molar-refractivity contribution is -0.121. The number of hydrogen-bond acceptors (Lipinski definition) is 7. The minimum Gasteiger partial charge on any atom is -0.485 e. The fourth-order valence-electron chi connectivity index (χ4n) is 4.48. The number of amides is 2.